The van der Waals surface area contributed by atoms with E-state index in [-0.39, 0.29) is 30.0 Å². The van der Waals surface area contributed by atoms with Gasteiger partial charge < -0.3 is 20.5 Å². The van der Waals surface area contributed by atoms with E-state index in [4.69, 9.17) is 4.74 Å². The number of para-hydroxylation sites is 1. The highest BCUT2D eigenvalue weighted by Crippen LogP contribution is 2.24. The Balaban J connectivity index is 1.88. The van der Waals surface area contributed by atoms with Gasteiger partial charge in [-0.25, -0.2) is 4.98 Å². The van der Waals surface area contributed by atoms with Crippen LogP contribution in [0.3, 0.4) is 0 Å². The van der Waals surface area contributed by atoms with Crippen molar-refractivity contribution in [3.05, 3.63) is 71.8 Å². The summed E-state index contributed by atoms with van der Waals surface area (Å²) in [6.07, 6.45) is 0.368. The topological polar surface area (TPSA) is 101 Å². The Morgan fingerprint density at radius 3 is 2.37 bits per heavy atom. The largest absolute Gasteiger partial charge is 0.480 e. The molecule has 0 saturated heterocycles. The Kier molecular flexibility index (Phi) is 9.20. The Morgan fingerprint density at radius 2 is 1.71 bits per heavy atom. The fourth-order valence-electron chi connectivity index (χ4n) is 4.35. The van der Waals surface area contributed by atoms with Gasteiger partial charge in [-0.1, -0.05) is 62.4 Å². The first-order valence-corrected chi connectivity index (χ1v) is 12.0. The molecule has 35 heavy (non-hydrogen) atoms. The standard InChI is InChI=1S/C28H35N3O4/c1-18(2)14-21(26(33)29-3)17-25(32)24(15-19-10-6-5-7-11-19)30-27(34)22-16-20-12-8-9-13-23(20)31-28(22)35-4/h5-13,16,18,21,24-25,32H,14-15,17H2,1-4H3,(H,29,33)(H,30,34). The summed E-state index contributed by atoms with van der Waals surface area (Å²) in [5.74, 6) is -0.345. The van der Waals surface area contributed by atoms with Crippen LogP contribution in [-0.4, -0.2) is 48.2 Å². The van der Waals surface area contributed by atoms with Crippen LogP contribution in [0.5, 0.6) is 5.88 Å². The van der Waals surface area contributed by atoms with Crippen LogP contribution >= 0.6 is 0 Å². The highest BCUT2D eigenvalue weighted by molar-refractivity contribution is 6.00. The van der Waals surface area contributed by atoms with Gasteiger partial charge in [0.2, 0.25) is 11.8 Å². The molecule has 0 saturated carbocycles. The fourth-order valence-corrected chi connectivity index (χ4v) is 4.35. The van der Waals surface area contributed by atoms with Crippen molar-refractivity contribution in [1.29, 1.82) is 0 Å². The third-order valence-electron chi connectivity index (χ3n) is 6.11. The number of methoxy groups -OCH3 is 1. The molecule has 0 aliphatic heterocycles. The molecule has 2 amide bonds. The maximum atomic E-state index is 13.4. The van der Waals surface area contributed by atoms with Gasteiger partial charge in [0.15, 0.2) is 0 Å². The number of hydrogen-bond donors (Lipinski definition) is 3. The Bertz CT molecular complexity index is 1130. The summed E-state index contributed by atoms with van der Waals surface area (Å²) in [4.78, 5) is 30.4. The van der Waals surface area contributed by atoms with E-state index in [0.29, 0.717) is 24.3 Å². The molecule has 186 valence electrons. The lowest BCUT2D eigenvalue weighted by atomic mass is 9.87. The van der Waals surface area contributed by atoms with Crippen LogP contribution in [0.4, 0.5) is 0 Å². The molecule has 0 aliphatic carbocycles. The van der Waals surface area contributed by atoms with Crippen molar-refractivity contribution in [3.8, 4) is 5.88 Å². The number of ether oxygens (including phenoxy) is 1. The minimum atomic E-state index is -0.931. The van der Waals surface area contributed by atoms with Crippen LogP contribution in [-0.2, 0) is 11.2 Å². The first-order chi connectivity index (χ1) is 16.8. The maximum Gasteiger partial charge on any atom is 0.257 e. The van der Waals surface area contributed by atoms with Crippen LogP contribution < -0.4 is 15.4 Å². The second-order valence-electron chi connectivity index (χ2n) is 9.25. The molecule has 0 aliphatic rings. The Labute approximate surface area is 206 Å². The number of carbonyl (C=O) groups is 2. The third-order valence-corrected chi connectivity index (χ3v) is 6.11. The number of nitrogens with zero attached hydrogens (tertiary/aromatic N) is 1. The lowest BCUT2D eigenvalue weighted by Gasteiger charge is -2.28. The molecule has 7 nitrogen and oxygen atoms in total. The average Bonchev–Trinajstić information content (AvgIpc) is 2.86. The number of amides is 2. The number of hydrogen-bond acceptors (Lipinski definition) is 5. The predicted molar refractivity (Wildman–Crippen MR) is 137 cm³/mol. The number of aliphatic hydroxyl groups is 1. The number of aliphatic hydroxyl groups excluding tert-OH is 1. The van der Waals surface area contributed by atoms with Gasteiger partial charge in [-0.05, 0) is 42.9 Å². The molecule has 3 unspecified atom stereocenters. The summed E-state index contributed by atoms with van der Waals surface area (Å²) in [5, 5.41) is 17.8. The highest BCUT2D eigenvalue weighted by Gasteiger charge is 2.29. The fraction of sp³-hybridized carbons (Fsp3) is 0.393. The first kappa shape index (κ1) is 26.2. The van der Waals surface area contributed by atoms with Crippen LogP contribution in [0, 0.1) is 11.8 Å². The van der Waals surface area contributed by atoms with Crippen LogP contribution in [0.2, 0.25) is 0 Å². The zero-order valence-corrected chi connectivity index (χ0v) is 20.8. The number of benzene rings is 2. The number of carbonyl (C=O) groups excluding carboxylic acids is 2. The summed E-state index contributed by atoms with van der Waals surface area (Å²) in [7, 11) is 3.08. The van der Waals surface area contributed by atoms with Gasteiger partial charge in [-0.2, -0.15) is 0 Å². The zero-order chi connectivity index (χ0) is 25.4. The van der Waals surface area contributed by atoms with E-state index < -0.39 is 12.1 Å². The molecule has 2 aromatic carbocycles. The molecule has 3 rings (SSSR count). The van der Waals surface area contributed by atoms with Gasteiger partial charge in [-0.15, -0.1) is 0 Å². The van der Waals surface area contributed by atoms with Crippen molar-refractivity contribution in [3.63, 3.8) is 0 Å². The SMILES string of the molecule is CNC(=O)C(CC(C)C)CC(O)C(Cc1ccccc1)NC(=O)c1cc2ccccc2nc1OC. The molecular formula is C28H35N3O4. The number of rotatable bonds is 11. The van der Waals surface area contributed by atoms with Crippen molar-refractivity contribution in [2.75, 3.05) is 14.2 Å². The highest BCUT2D eigenvalue weighted by atomic mass is 16.5. The molecule has 1 aromatic heterocycles. The van der Waals surface area contributed by atoms with Gasteiger partial charge in [0.25, 0.3) is 5.91 Å². The minimum absolute atomic E-state index is 0.108. The second kappa shape index (κ2) is 12.3. The summed E-state index contributed by atoms with van der Waals surface area (Å²) in [6.45, 7) is 4.09. The van der Waals surface area contributed by atoms with Gasteiger partial charge in [0.1, 0.15) is 5.56 Å². The van der Waals surface area contributed by atoms with Crippen molar-refractivity contribution in [1.82, 2.24) is 15.6 Å². The molecule has 7 heteroatoms. The van der Waals surface area contributed by atoms with E-state index >= 15 is 0 Å². The van der Waals surface area contributed by atoms with Gasteiger partial charge in [0, 0.05) is 18.4 Å². The molecular weight excluding hydrogens is 442 g/mol. The molecule has 0 bridgehead atoms. The molecule has 3 N–H and O–H groups in total. The molecule has 1 heterocycles. The molecule has 0 fully saturated rings. The molecule has 0 spiro atoms. The quantitative estimate of drug-likeness (QED) is 0.391. The number of fused-ring (bicyclic) bond motifs is 1. The Morgan fingerprint density at radius 1 is 1.03 bits per heavy atom. The second-order valence-corrected chi connectivity index (χ2v) is 9.25. The minimum Gasteiger partial charge on any atom is -0.480 e. The van der Waals surface area contributed by atoms with E-state index in [1.165, 1.54) is 7.11 Å². The molecule has 3 aromatic rings. The smallest absolute Gasteiger partial charge is 0.257 e. The first-order valence-electron chi connectivity index (χ1n) is 12.0. The van der Waals surface area contributed by atoms with E-state index in [9.17, 15) is 14.7 Å². The maximum absolute atomic E-state index is 13.4. The van der Waals surface area contributed by atoms with Gasteiger partial charge in [-0.3, -0.25) is 9.59 Å². The summed E-state index contributed by atoms with van der Waals surface area (Å²) in [5.41, 5.74) is 1.99. The van der Waals surface area contributed by atoms with E-state index in [0.717, 1.165) is 16.5 Å². The Hall–Kier alpha value is -3.45. The lowest BCUT2D eigenvalue weighted by molar-refractivity contribution is -0.126. The van der Waals surface area contributed by atoms with Gasteiger partial charge >= 0.3 is 0 Å². The van der Waals surface area contributed by atoms with E-state index in [1.807, 2.05) is 68.4 Å². The summed E-state index contributed by atoms with van der Waals surface area (Å²) < 4.78 is 5.40. The summed E-state index contributed by atoms with van der Waals surface area (Å²) in [6, 6.07) is 18.3. The van der Waals surface area contributed by atoms with Gasteiger partial charge in [0.05, 0.1) is 24.8 Å². The lowest BCUT2D eigenvalue weighted by Crippen LogP contribution is -2.46. The van der Waals surface area contributed by atoms with E-state index in [2.05, 4.69) is 15.6 Å². The predicted octanol–water partition coefficient (Wildman–Crippen LogP) is 3.74. The van der Waals surface area contributed by atoms with Crippen molar-refractivity contribution in [2.24, 2.45) is 11.8 Å². The van der Waals surface area contributed by atoms with Crippen molar-refractivity contribution in [2.45, 2.75) is 45.3 Å². The third kappa shape index (κ3) is 7.02. The van der Waals surface area contributed by atoms with Crippen molar-refractivity contribution >= 4 is 22.7 Å². The average molecular weight is 478 g/mol. The normalized spacial score (nSPS) is 13.8. The zero-order valence-electron chi connectivity index (χ0n) is 20.8. The van der Waals surface area contributed by atoms with Crippen molar-refractivity contribution < 1.29 is 19.4 Å². The van der Waals surface area contributed by atoms with E-state index in [1.54, 1.807) is 13.1 Å². The van der Waals surface area contributed by atoms with Crippen LogP contribution in [0.25, 0.3) is 10.9 Å². The molecule has 0 radical (unpaired) electrons. The summed E-state index contributed by atoms with van der Waals surface area (Å²) >= 11 is 0. The molecule has 3 atom stereocenters. The number of nitrogens with one attached hydrogen (secondary N) is 2. The van der Waals surface area contributed by atoms with Crippen LogP contribution in [0.15, 0.2) is 60.7 Å². The van der Waals surface area contributed by atoms with Crippen LogP contribution in [0.1, 0.15) is 42.6 Å². The number of pyridine rings is 1. The number of aromatic nitrogens is 1. The monoisotopic (exact) mass is 477 g/mol.